The average Bonchev–Trinajstić information content (AvgIpc) is 3.12. The van der Waals surface area contributed by atoms with Gasteiger partial charge in [0.25, 0.3) is 5.56 Å². The lowest BCUT2D eigenvalue weighted by atomic mass is 10.0. The Morgan fingerprint density at radius 2 is 1.75 bits per heavy atom. The number of nitrogens with one attached hydrogen (secondary N) is 1. The number of benzene rings is 2. The summed E-state index contributed by atoms with van der Waals surface area (Å²) < 4.78 is 48.1. The molecule has 0 saturated carbocycles. The summed E-state index contributed by atoms with van der Waals surface area (Å²) in [5, 5.41) is 0.596. The van der Waals surface area contributed by atoms with Crippen LogP contribution in [0.4, 0.5) is 18.9 Å². The van der Waals surface area contributed by atoms with Gasteiger partial charge in [0, 0.05) is 53.8 Å². The van der Waals surface area contributed by atoms with Gasteiger partial charge in [0.1, 0.15) is 17.1 Å². The Balaban J connectivity index is 1.94. The number of ether oxygens (including phenoxy) is 1. The molecule has 28 heavy (non-hydrogen) atoms. The molecule has 0 atom stereocenters. The first kappa shape index (κ1) is 17.7. The Morgan fingerprint density at radius 3 is 2.46 bits per heavy atom. The molecule has 0 bridgehead atoms. The molecule has 5 nitrogen and oxygen atoms in total. The van der Waals surface area contributed by atoms with E-state index in [4.69, 9.17) is 10.5 Å². The fourth-order valence-corrected chi connectivity index (χ4v) is 3.07. The zero-order valence-corrected chi connectivity index (χ0v) is 14.6. The molecule has 0 fully saturated rings. The highest BCUT2D eigenvalue weighted by atomic mass is 19.1. The second-order valence-corrected chi connectivity index (χ2v) is 6.28. The molecule has 0 radical (unpaired) electrons. The number of rotatable bonds is 3. The number of nitrogens with two attached hydrogens (primary N) is 1. The number of anilines is 1. The number of H-pyrrole nitrogens is 1. The van der Waals surface area contributed by atoms with Gasteiger partial charge in [-0.3, -0.25) is 4.79 Å². The fraction of sp³-hybridized carbons (Fsp3) is 0.0500. The highest BCUT2D eigenvalue weighted by molar-refractivity contribution is 5.96. The fourth-order valence-electron chi connectivity index (χ4n) is 3.07. The lowest BCUT2D eigenvalue weighted by Crippen LogP contribution is -2.16. The third-order valence-corrected chi connectivity index (χ3v) is 4.36. The van der Waals surface area contributed by atoms with E-state index in [2.05, 4.69) is 4.98 Å². The standard InChI is InChI=1S/C20H14F3N3O2/c1-26-9-14(12-4-5-25-18(12)20(26)27)13-8-11(24)2-3-17(13)28-19-15(22)6-10(21)7-16(19)23/h2-9,25H,24H2,1H3. The van der Waals surface area contributed by atoms with Crippen molar-refractivity contribution >= 4 is 16.6 Å². The molecule has 2 aromatic heterocycles. The van der Waals surface area contributed by atoms with Crippen LogP contribution in [-0.2, 0) is 7.05 Å². The SMILES string of the molecule is Cn1cc(-c2cc(N)ccc2Oc2c(F)cc(F)cc2F)c2cc[nH]c2c1=O. The number of aromatic amines is 1. The minimum absolute atomic E-state index is 0.0970. The van der Waals surface area contributed by atoms with Crippen LogP contribution in [0.15, 0.2) is 53.6 Å². The summed E-state index contributed by atoms with van der Waals surface area (Å²) >= 11 is 0. The van der Waals surface area contributed by atoms with Crippen molar-refractivity contribution in [3.8, 4) is 22.6 Å². The van der Waals surface area contributed by atoms with Crippen LogP contribution < -0.4 is 16.0 Å². The second-order valence-electron chi connectivity index (χ2n) is 6.28. The monoisotopic (exact) mass is 385 g/mol. The van der Waals surface area contributed by atoms with Crippen molar-refractivity contribution in [3.63, 3.8) is 0 Å². The molecule has 142 valence electrons. The first-order chi connectivity index (χ1) is 13.3. The Hall–Kier alpha value is -3.68. The number of nitrogen functional groups attached to an aromatic ring is 1. The van der Waals surface area contributed by atoms with E-state index in [1.807, 2.05) is 0 Å². The van der Waals surface area contributed by atoms with E-state index < -0.39 is 23.2 Å². The quantitative estimate of drug-likeness (QED) is 0.516. The van der Waals surface area contributed by atoms with Crippen LogP contribution >= 0.6 is 0 Å². The van der Waals surface area contributed by atoms with E-state index in [1.165, 1.54) is 16.7 Å². The van der Waals surface area contributed by atoms with Gasteiger partial charge in [-0.25, -0.2) is 13.2 Å². The van der Waals surface area contributed by atoms with E-state index >= 15 is 0 Å². The van der Waals surface area contributed by atoms with E-state index in [0.717, 1.165) is 0 Å². The minimum Gasteiger partial charge on any atom is -0.451 e. The molecular weight excluding hydrogens is 371 g/mol. The Labute approximate surface area is 156 Å². The average molecular weight is 385 g/mol. The smallest absolute Gasteiger partial charge is 0.274 e. The molecule has 0 saturated heterocycles. The molecule has 3 N–H and O–H groups in total. The number of pyridine rings is 1. The first-order valence-electron chi connectivity index (χ1n) is 8.24. The molecule has 8 heteroatoms. The number of fused-ring (bicyclic) bond motifs is 1. The van der Waals surface area contributed by atoms with Gasteiger partial charge < -0.3 is 20.0 Å². The Morgan fingerprint density at radius 1 is 1.04 bits per heavy atom. The molecule has 2 aromatic carbocycles. The number of halogens is 3. The summed E-state index contributed by atoms with van der Waals surface area (Å²) in [7, 11) is 1.58. The molecule has 0 unspecified atom stereocenters. The van der Waals surface area contributed by atoms with Crippen LogP contribution in [0.1, 0.15) is 0 Å². The number of hydrogen-bond acceptors (Lipinski definition) is 3. The van der Waals surface area contributed by atoms with Crippen molar-refractivity contribution in [2.24, 2.45) is 7.05 Å². The van der Waals surface area contributed by atoms with E-state index in [1.54, 1.807) is 31.6 Å². The van der Waals surface area contributed by atoms with Gasteiger partial charge in [-0.1, -0.05) is 0 Å². The zero-order chi connectivity index (χ0) is 20.0. The number of hydrogen-bond donors (Lipinski definition) is 2. The number of nitrogens with zero attached hydrogens (tertiary/aromatic N) is 1. The summed E-state index contributed by atoms with van der Waals surface area (Å²) in [6.07, 6.45) is 3.19. The molecule has 0 aliphatic heterocycles. The summed E-state index contributed by atoms with van der Waals surface area (Å²) in [5.74, 6) is -4.03. The van der Waals surface area contributed by atoms with Gasteiger partial charge in [-0.15, -0.1) is 0 Å². The van der Waals surface area contributed by atoms with Crippen LogP contribution in [0, 0.1) is 17.5 Å². The topological polar surface area (TPSA) is 73.0 Å². The largest absolute Gasteiger partial charge is 0.451 e. The number of aromatic nitrogens is 2. The lowest BCUT2D eigenvalue weighted by Gasteiger charge is -2.15. The highest BCUT2D eigenvalue weighted by Crippen LogP contribution is 2.39. The van der Waals surface area contributed by atoms with Crippen molar-refractivity contribution in [1.29, 1.82) is 0 Å². The van der Waals surface area contributed by atoms with Crippen molar-refractivity contribution in [2.45, 2.75) is 0 Å². The van der Waals surface area contributed by atoms with Crippen molar-refractivity contribution in [2.75, 3.05) is 5.73 Å². The van der Waals surface area contributed by atoms with Crippen LogP contribution in [0.5, 0.6) is 11.5 Å². The molecule has 4 aromatic rings. The van der Waals surface area contributed by atoms with E-state index in [0.29, 0.717) is 39.8 Å². The van der Waals surface area contributed by atoms with Gasteiger partial charge in [0.05, 0.1) is 0 Å². The maximum atomic E-state index is 14.1. The summed E-state index contributed by atoms with van der Waals surface area (Å²) in [6, 6.07) is 7.31. The maximum Gasteiger partial charge on any atom is 0.274 e. The number of aryl methyl sites for hydroxylation is 1. The second kappa shape index (κ2) is 6.49. The molecule has 4 rings (SSSR count). The van der Waals surface area contributed by atoms with Gasteiger partial charge in [-0.05, 0) is 24.3 Å². The van der Waals surface area contributed by atoms with Crippen LogP contribution in [0.3, 0.4) is 0 Å². The molecule has 0 amide bonds. The van der Waals surface area contributed by atoms with Crippen LogP contribution in [-0.4, -0.2) is 9.55 Å². The van der Waals surface area contributed by atoms with Gasteiger partial charge in [0.2, 0.25) is 0 Å². The van der Waals surface area contributed by atoms with Gasteiger partial charge >= 0.3 is 0 Å². The predicted octanol–water partition coefficient (Wildman–Crippen LogP) is 4.33. The Bertz CT molecular complexity index is 1250. The Kier molecular flexibility index (Phi) is 4.11. The van der Waals surface area contributed by atoms with Crippen LogP contribution in [0.2, 0.25) is 0 Å². The summed E-state index contributed by atoms with van der Waals surface area (Å²) in [4.78, 5) is 15.2. The predicted molar refractivity (Wildman–Crippen MR) is 99.8 cm³/mol. The van der Waals surface area contributed by atoms with E-state index in [-0.39, 0.29) is 11.3 Å². The summed E-state index contributed by atoms with van der Waals surface area (Å²) in [6.45, 7) is 0. The third kappa shape index (κ3) is 2.88. The molecule has 2 heterocycles. The molecule has 0 spiro atoms. The molecule has 0 aliphatic rings. The molecular formula is C20H14F3N3O2. The van der Waals surface area contributed by atoms with Crippen molar-refractivity contribution in [3.05, 3.63) is 76.6 Å². The third-order valence-electron chi connectivity index (χ3n) is 4.36. The highest BCUT2D eigenvalue weighted by Gasteiger charge is 2.19. The van der Waals surface area contributed by atoms with Crippen molar-refractivity contribution < 1.29 is 17.9 Å². The van der Waals surface area contributed by atoms with Crippen molar-refractivity contribution in [1.82, 2.24) is 9.55 Å². The maximum absolute atomic E-state index is 14.1. The van der Waals surface area contributed by atoms with E-state index in [9.17, 15) is 18.0 Å². The zero-order valence-electron chi connectivity index (χ0n) is 14.6. The lowest BCUT2D eigenvalue weighted by molar-refractivity contribution is 0.402. The molecule has 0 aliphatic carbocycles. The normalized spacial score (nSPS) is 11.1. The minimum atomic E-state index is -1.17. The first-order valence-corrected chi connectivity index (χ1v) is 8.24. The van der Waals surface area contributed by atoms with Gasteiger partial charge in [0.15, 0.2) is 17.4 Å². The summed E-state index contributed by atoms with van der Waals surface area (Å²) in [5.41, 5.74) is 7.41. The van der Waals surface area contributed by atoms with Gasteiger partial charge in [-0.2, -0.15) is 0 Å². The van der Waals surface area contributed by atoms with Crippen LogP contribution in [0.25, 0.3) is 22.0 Å².